The molecular weight excluding hydrogens is 472 g/mol. The number of carboxylic acid groups (broad SMARTS) is 1. The second kappa shape index (κ2) is 10.1. The number of halogens is 1. The summed E-state index contributed by atoms with van der Waals surface area (Å²) in [7, 11) is 2.09. The van der Waals surface area contributed by atoms with Crippen LogP contribution in [-0.2, 0) is 4.79 Å². The first kappa shape index (κ1) is 24.5. The van der Waals surface area contributed by atoms with Gasteiger partial charge in [0.25, 0.3) is 5.91 Å². The van der Waals surface area contributed by atoms with E-state index < -0.39 is 12.0 Å². The summed E-state index contributed by atoms with van der Waals surface area (Å²) in [5.41, 5.74) is 4.55. The number of hydrogen-bond donors (Lipinski definition) is 1. The molecule has 3 aromatic carbocycles. The number of likely N-dealkylation sites (N-methyl/N-ethyl adjacent to an activating group) is 1. The van der Waals surface area contributed by atoms with Crippen LogP contribution in [0.1, 0.15) is 63.3 Å². The van der Waals surface area contributed by atoms with Gasteiger partial charge in [0.05, 0.1) is 6.04 Å². The van der Waals surface area contributed by atoms with Crippen LogP contribution in [0.2, 0.25) is 5.02 Å². The molecule has 5 rings (SSSR count). The molecule has 0 radical (unpaired) electrons. The van der Waals surface area contributed by atoms with Crippen molar-refractivity contribution in [2.45, 2.75) is 43.7 Å². The molecule has 2 saturated heterocycles. The van der Waals surface area contributed by atoms with Crippen LogP contribution in [0.3, 0.4) is 0 Å². The summed E-state index contributed by atoms with van der Waals surface area (Å²) >= 11 is 6.16. The Hall–Kier alpha value is -3.15. The molecule has 0 aliphatic carbocycles. The lowest BCUT2D eigenvalue weighted by Gasteiger charge is -2.31. The molecule has 0 spiro atoms. The Morgan fingerprint density at radius 2 is 1.61 bits per heavy atom. The number of aliphatic carboxylic acids is 1. The fraction of sp³-hybridized carbons (Fsp3) is 0.333. The number of carbonyl (C=O) groups excluding carboxylic acids is 1. The Morgan fingerprint density at radius 3 is 2.25 bits per heavy atom. The van der Waals surface area contributed by atoms with Crippen molar-refractivity contribution in [2.24, 2.45) is 0 Å². The number of rotatable bonds is 5. The van der Waals surface area contributed by atoms with Crippen molar-refractivity contribution < 1.29 is 14.7 Å². The Morgan fingerprint density at radius 1 is 0.944 bits per heavy atom. The van der Waals surface area contributed by atoms with Crippen molar-refractivity contribution in [1.29, 1.82) is 0 Å². The molecule has 186 valence electrons. The van der Waals surface area contributed by atoms with Gasteiger partial charge in [-0.05, 0) is 74.2 Å². The number of amides is 1. The van der Waals surface area contributed by atoms with E-state index in [0.717, 1.165) is 41.8 Å². The van der Waals surface area contributed by atoms with Gasteiger partial charge in [0.15, 0.2) is 0 Å². The van der Waals surface area contributed by atoms with E-state index in [1.807, 2.05) is 67.6 Å². The van der Waals surface area contributed by atoms with E-state index in [9.17, 15) is 14.7 Å². The summed E-state index contributed by atoms with van der Waals surface area (Å²) in [5.74, 6) is -1.27. The SMILES string of the molecule is Cc1ccc(C2CC(c3ccc(Cl)cc3)N(C(=O)c3ccccc3C3CCN(C)C3)C2C(=O)O)cc1. The average Bonchev–Trinajstić information content (AvgIpc) is 3.49. The van der Waals surface area contributed by atoms with Gasteiger partial charge in [0.2, 0.25) is 0 Å². The van der Waals surface area contributed by atoms with Crippen molar-refractivity contribution in [1.82, 2.24) is 9.80 Å². The highest BCUT2D eigenvalue weighted by atomic mass is 35.5. The first-order valence-electron chi connectivity index (χ1n) is 12.5. The second-order valence-electron chi connectivity index (χ2n) is 10.2. The molecule has 2 heterocycles. The molecule has 4 unspecified atom stereocenters. The van der Waals surface area contributed by atoms with Crippen LogP contribution in [0.5, 0.6) is 0 Å². The zero-order valence-corrected chi connectivity index (χ0v) is 21.4. The molecule has 2 aliphatic heterocycles. The third-order valence-electron chi connectivity index (χ3n) is 7.76. The molecule has 5 nitrogen and oxygen atoms in total. The van der Waals surface area contributed by atoms with Gasteiger partial charge in [0.1, 0.15) is 6.04 Å². The van der Waals surface area contributed by atoms with E-state index in [1.165, 1.54) is 0 Å². The minimum atomic E-state index is -0.983. The van der Waals surface area contributed by atoms with E-state index in [4.69, 9.17) is 11.6 Å². The molecule has 0 bridgehead atoms. The predicted molar refractivity (Wildman–Crippen MR) is 142 cm³/mol. The maximum absolute atomic E-state index is 14.3. The van der Waals surface area contributed by atoms with Gasteiger partial charge in [-0.15, -0.1) is 0 Å². The van der Waals surface area contributed by atoms with Crippen LogP contribution < -0.4 is 0 Å². The summed E-state index contributed by atoms with van der Waals surface area (Å²) in [5, 5.41) is 11.1. The summed E-state index contributed by atoms with van der Waals surface area (Å²) in [6.07, 6.45) is 1.51. The smallest absolute Gasteiger partial charge is 0.327 e. The summed E-state index contributed by atoms with van der Waals surface area (Å²) in [6.45, 7) is 3.88. The lowest BCUT2D eigenvalue weighted by Crippen LogP contribution is -2.44. The van der Waals surface area contributed by atoms with E-state index >= 15 is 0 Å². The van der Waals surface area contributed by atoms with Gasteiger partial charge in [0, 0.05) is 23.0 Å². The van der Waals surface area contributed by atoms with E-state index in [-0.39, 0.29) is 23.8 Å². The van der Waals surface area contributed by atoms with E-state index in [2.05, 4.69) is 11.9 Å². The van der Waals surface area contributed by atoms with Crippen LogP contribution in [0.25, 0.3) is 0 Å². The van der Waals surface area contributed by atoms with Gasteiger partial charge in [-0.3, -0.25) is 4.79 Å². The summed E-state index contributed by atoms with van der Waals surface area (Å²) in [4.78, 5) is 31.0. The normalized spacial score (nSPS) is 24.2. The third-order valence-corrected chi connectivity index (χ3v) is 8.02. The van der Waals surface area contributed by atoms with Crippen LogP contribution in [0, 0.1) is 6.92 Å². The highest BCUT2D eigenvalue weighted by Gasteiger charge is 2.49. The first-order valence-corrected chi connectivity index (χ1v) is 12.9. The number of aryl methyl sites for hydroxylation is 1. The number of likely N-dealkylation sites (tertiary alicyclic amines) is 2. The predicted octanol–water partition coefficient (Wildman–Crippen LogP) is 5.89. The molecular formula is C30H31ClN2O3. The van der Waals surface area contributed by atoms with Gasteiger partial charge in [-0.2, -0.15) is 0 Å². The first-order chi connectivity index (χ1) is 17.3. The zero-order valence-electron chi connectivity index (χ0n) is 20.6. The van der Waals surface area contributed by atoms with E-state index in [1.54, 1.807) is 17.0 Å². The lowest BCUT2D eigenvalue weighted by molar-refractivity contribution is -0.142. The Kier molecular flexibility index (Phi) is 6.87. The van der Waals surface area contributed by atoms with Crippen molar-refractivity contribution in [3.8, 4) is 0 Å². The summed E-state index contributed by atoms with van der Waals surface area (Å²) in [6, 6.07) is 21.8. The van der Waals surface area contributed by atoms with Gasteiger partial charge >= 0.3 is 5.97 Å². The minimum Gasteiger partial charge on any atom is -0.480 e. The largest absolute Gasteiger partial charge is 0.480 e. The fourth-order valence-corrected chi connectivity index (χ4v) is 6.05. The van der Waals surface area contributed by atoms with Crippen LogP contribution in [0.4, 0.5) is 0 Å². The highest BCUT2D eigenvalue weighted by Crippen LogP contribution is 2.46. The highest BCUT2D eigenvalue weighted by molar-refractivity contribution is 6.30. The molecule has 0 saturated carbocycles. The molecule has 4 atom stereocenters. The summed E-state index contributed by atoms with van der Waals surface area (Å²) < 4.78 is 0. The molecule has 1 N–H and O–H groups in total. The standard InChI is InChI=1S/C30H31ClN2O3/c1-19-7-9-20(10-8-19)26-17-27(21-11-13-23(31)14-12-21)33(28(26)30(35)36)29(34)25-6-4-3-5-24(25)22-15-16-32(2)18-22/h3-14,22,26-28H,15-18H2,1-2H3,(H,35,36). The van der Waals surface area contributed by atoms with Gasteiger partial charge in [-0.1, -0.05) is 71.8 Å². The molecule has 36 heavy (non-hydrogen) atoms. The number of hydrogen-bond acceptors (Lipinski definition) is 3. The van der Waals surface area contributed by atoms with Crippen molar-refractivity contribution >= 4 is 23.5 Å². The Balaban J connectivity index is 1.60. The Bertz CT molecular complexity index is 1260. The van der Waals surface area contributed by atoms with Gasteiger partial charge in [-0.25, -0.2) is 4.79 Å². The molecule has 3 aromatic rings. The topological polar surface area (TPSA) is 60.9 Å². The van der Waals surface area contributed by atoms with Crippen LogP contribution in [-0.4, -0.2) is 53.0 Å². The zero-order chi connectivity index (χ0) is 25.4. The van der Waals surface area contributed by atoms with Gasteiger partial charge < -0.3 is 14.9 Å². The number of carboxylic acids is 1. The molecule has 2 fully saturated rings. The minimum absolute atomic E-state index is 0.220. The second-order valence-corrected chi connectivity index (χ2v) is 10.6. The van der Waals surface area contributed by atoms with Crippen molar-refractivity contribution in [3.63, 3.8) is 0 Å². The molecule has 0 aromatic heterocycles. The lowest BCUT2D eigenvalue weighted by atomic mass is 9.89. The molecule has 1 amide bonds. The maximum Gasteiger partial charge on any atom is 0.327 e. The van der Waals surface area contributed by atoms with Crippen LogP contribution in [0.15, 0.2) is 72.8 Å². The Labute approximate surface area is 217 Å². The number of carbonyl (C=O) groups is 2. The maximum atomic E-state index is 14.3. The number of benzene rings is 3. The molecule has 6 heteroatoms. The quantitative estimate of drug-likeness (QED) is 0.472. The van der Waals surface area contributed by atoms with Crippen molar-refractivity contribution in [2.75, 3.05) is 20.1 Å². The van der Waals surface area contributed by atoms with E-state index in [0.29, 0.717) is 17.0 Å². The van der Waals surface area contributed by atoms with Crippen molar-refractivity contribution in [3.05, 3.63) is 106 Å². The van der Waals surface area contributed by atoms with Crippen LogP contribution >= 0.6 is 11.6 Å². The monoisotopic (exact) mass is 502 g/mol. The molecule has 2 aliphatic rings. The fourth-order valence-electron chi connectivity index (χ4n) is 5.92. The average molecular weight is 503 g/mol. The third kappa shape index (κ3) is 4.65. The number of nitrogens with zero attached hydrogens (tertiary/aromatic N) is 2.